The first-order valence-electron chi connectivity index (χ1n) is 6.17. The number of nitrogen functional groups attached to an aromatic ring is 1. The lowest BCUT2D eigenvalue weighted by atomic mass is 10.1. The molecule has 0 atom stereocenters. The molecule has 0 spiro atoms. The van der Waals surface area contributed by atoms with Crippen LogP contribution in [0, 0.1) is 0 Å². The number of fused-ring (bicyclic) bond motifs is 1. The van der Waals surface area contributed by atoms with Gasteiger partial charge in [0.15, 0.2) is 0 Å². The number of nitrogens with two attached hydrogens (primary N) is 1. The quantitative estimate of drug-likeness (QED) is 0.856. The highest BCUT2D eigenvalue weighted by Gasteiger charge is 2.12. The van der Waals surface area contributed by atoms with Gasteiger partial charge in [-0.05, 0) is 23.3 Å². The van der Waals surface area contributed by atoms with E-state index in [1.165, 1.54) is 0 Å². The number of nitrogens with zero attached hydrogens (tertiary/aromatic N) is 2. The first-order chi connectivity index (χ1) is 9.31. The van der Waals surface area contributed by atoms with Gasteiger partial charge in [0.25, 0.3) is 0 Å². The maximum atomic E-state index is 5.73. The molecule has 4 nitrogen and oxygen atoms in total. The molecule has 0 aromatic heterocycles. The Morgan fingerprint density at radius 3 is 2.84 bits per heavy atom. The van der Waals surface area contributed by atoms with Gasteiger partial charge in [-0.2, -0.15) is 0 Å². The van der Waals surface area contributed by atoms with E-state index >= 15 is 0 Å². The second-order valence-corrected chi connectivity index (χ2v) is 4.47. The van der Waals surface area contributed by atoms with Gasteiger partial charge in [0.2, 0.25) is 0 Å². The first-order valence-corrected chi connectivity index (χ1v) is 6.17. The highest BCUT2D eigenvalue weighted by molar-refractivity contribution is 5.68. The summed E-state index contributed by atoms with van der Waals surface area (Å²) >= 11 is 0. The maximum Gasteiger partial charge on any atom is 0.117 e. The number of benzene rings is 2. The number of aliphatic imine (C=N–C) groups is 1. The Bertz CT molecular complexity index is 596. The van der Waals surface area contributed by atoms with Crippen LogP contribution in [0.5, 0.6) is 0 Å². The Hall–Kier alpha value is -2.33. The van der Waals surface area contributed by atoms with Crippen molar-refractivity contribution in [2.75, 3.05) is 5.73 Å². The average Bonchev–Trinajstić information content (AvgIpc) is 2.46. The third-order valence-corrected chi connectivity index (χ3v) is 3.00. The lowest BCUT2D eigenvalue weighted by Crippen LogP contribution is -2.24. The summed E-state index contributed by atoms with van der Waals surface area (Å²) in [5.74, 6) is 0. The summed E-state index contributed by atoms with van der Waals surface area (Å²) in [5.41, 5.74) is 9.63. The van der Waals surface area contributed by atoms with Crippen LogP contribution in [0.15, 0.2) is 53.5 Å². The largest absolute Gasteiger partial charge is 0.399 e. The van der Waals surface area contributed by atoms with E-state index in [0.29, 0.717) is 13.2 Å². The molecular formula is C15H15N3O. The third-order valence-electron chi connectivity index (χ3n) is 3.00. The van der Waals surface area contributed by atoms with Crippen LogP contribution in [-0.2, 0) is 18.0 Å². The maximum absolute atomic E-state index is 5.73. The van der Waals surface area contributed by atoms with Crippen LogP contribution in [0.25, 0.3) is 0 Å². The van der Waals surface area contributed by atoms with Crippen LogP contribution >= 0.6 is 0 Å². The fourth-order valence-electron chi connectivity index (χ4n) is 1.98. The normalized spacial score (nSPS) is 13.4. The van der Waals surface area contributed by atoms with Gasteiger partial charge in [0.1, 0.15) is 6.34 Å². The summed E-state index contributed by atoms with van der Waals surface area (Å²) in [6, 6.07) is 15.8. The van der Waals surface area contributed by atoms with E-state index < -0.39 is 0 Å². The van der Waals surface area contributed by atoms with E-state index in [4.69, 9.17) is 10.6 Å². The topological polar surface area (TPSA) is 50.8 Å². The van der Waals surface area contributed by atoms with E-state index in [2.05, 4.69) is 4.99 Å². The van der Waals surface area contributed by atoms with Crippen LogP contribution in [0.2, 0.25) is 0 Å². The molecule has 1 aliphatic rings. The molecule has 2 aromatic rings. The van der Waals surface area contributed by atoms with Gasteiger partial charge >= 0.3 is 0 Å². The van der Waals surface area contributed by atoms with Crippen molar-refractivity contribution >= 4 is 17.7 Å². The van der Waals surface area contributed by atoms with Gasteiger partial charge in [-0.3, -0.25) is 4.84 Å². The highest BCUT2D eigenvalue weighted by Crippen LogP contribution is 2.26. The molecule has 1 heterocycles. The van der Waals surface area contributed by atoms with Crippen molar-refractivity contribution in [1.29, 1.82) is 0 Å². The zero-order valence-electron chi connectivity index (χ0n) is 10.5. The average molecular weight is 253 g/mol. The smallest absolute Gasteiger partial charge is 0.117 e. The Balaban J connectivity index is 1.65. The van der Waals surface area contributed by atoms with Crippen molar-refractivity contribution in [3.8, 4) is 0 Å². The van der Waals surface area contributed by atoms with Crippen molar-refractivity contribution in [2.45, 2.75) is 13.2 Å². The fraction of sp³-hybridized carbons (Fsp3) is 0.133. The van der Waals surface area contributed by atoms with E-state index in [-0.39, 0.29) is 0 Å². The van der Waals surface area contributed by atoms with Gasteiger partial charge in [-0.25, -0.2) is 10.1 Å². The molecule has 0 aliphatic carbocycles. The molecule has 1 aliphatic heterocycles. The predicted octanol–water partition coefficient (Wildman–Crippen LogP) is 2.88. The molecule has 0 saturated carbocycles. The molecule has 0 saturated heterocycles. The SMILES string of the molecule is Nc1ccc2c(c1)N=CN(OCc1ccccc1)C2. The summed E-state index contributed by atoms with van der Waals surface area (Å²) in [6.45, 7) is 1.23. The Morgan fingerprint density at radius 1 is 1.16 bits per heavy atom. The molecule has 0 radical (unpaired) electrons. The predicted molar refractivity (Wildman–Crippen MR) is 75.8 cm³/mol. The van der Waals surface area contributed by atoms with Crippen molar-refractivity contribution < 1.29 is 4.84 Å². The summed E-state index contributed by atoms with van der Waals surface area (Å²) in [6.07, 6.45) is 1.70. The Labute approximate surface area is 112 Å². The van der Waals surface area contributed by atoms with Crippen molar-refractivity contribution in [3.63, 3.8) is 0 Å². The van der Waals surface area contributed by atoms with Crippen LogP contribution < -0.4 is 5.73 Å². The molecule has 0 amide bonds. The number of hydrogen-bond acceptors (Lipinski definition) is 4. The Morgan fingerprint density at radius 2 is 2.00 bits per heavy atom. The monoisotopic (exact) mass is 253 g/mol. The fourth-order valence-corrected chi connectivity index (χ4v) is 1.98. The van der Waals surface area contributed by atoms with Gasteiger partial charge in [-0.15, -0.1) is 0 Å². The molecule has 0 fully saturated rings. The lowest BCUT2D eigenvalue weighted by molar-refractivity contribution is -0.114. The van der Waals surface area contributed by atoms with Gasteiger partial charge in [0, 0.05) is 5.69 Å². The molecule has 19 heavy (non-hydrogen) atoms. The molecule has 96 valence electrons. The second-order valence-electron chi connectivity index (χ2n) is 4.47. The summed E-state index contributed by atoms with van der Waals surface area (Å²) in [4.78, 5) is 10.1. The zero-order valence-corrected chi connectivity index (χ0v) is 10.5. The molecule has 4 heteroatoms. The first kappa shape index (κ1) is 11.7. The summed E-state index contributed by atoms with van der Waals surface area (Å²) < 4.78 is 0. The summed E-state index contributed by atoms with van der Waals surface area (Å²) in [5, 5.41) is 1.74. The van der Waals surface area contributed by atoms with E-state index in [0.717, 1.165) is 22.5 Å². The van der Waals surface area contributed by atoms with Crippen LogP contribution in [0.3, 0.4) is 0 Å². The second kappa shape index (κ2) is 5.12. The van der Waals surface area contributed by atoms with Crippen molar-refractivity contribution in [1.82, 2.24) is 5.06 Å². The minimum atomic E-state index is 0.539. The third kappa shape index (κ3) is 2.74. The van der Waals surface area contributed by atoms with Gasteiger partial charge in [-0.1, -0.05) is 36.4 Å². The van der Waals surface area contributed by atoms with Crippen LogP contribution in [0.4, 0.5) is 11.4 Å². The molecular weight excluding hydrogens is 238 g/mol. The zero-order chi connectivity index (χ0) is 13.1. The number of hydroxylamine groups is 2. The van der Waals surface area contributed by atoms with E-state index in [9.17, 15) is 0 Å². The van der Waals surface area contributed by atoms with Crippen molar-refractivity contribution in [2.24, 2.45) is 4.99 Å². The number of hydrogen-bond donors (Lipinski definition) is 1. The lowest BCUT2D eigenvalue weighted by Gasteiger charge is -2.23. The Kier molecular flexibility index (Phi) is 3.16. The number of anilines is 1. The minimum Gasteiger partial charge on any atom is -0.399 e. The van der Waals surface area contributed by atoms with Crippen LogP contribution in [-0.4, -0.2) is 11.4 Å². The van der Waals surface area contributed by atoms with Crippen LogP contribution in [0.1, 0.15) is 11.1 Å². The van der Waals surface area contributed by atoms with Crippen molar-refractivity contribution in [3.05, 3.63) is 59.7 Å². The van der Waals surface area contributed by atoms with Gasteiger partial charge in [0.05, 0.1) is 18.8 Å². The van der Waals surface area contributed by atoms with E-state index in [1.807, 2.05) is 48.5 Å². The van der Waals surface area contributed by atoms with Gasteiger partial charge < -0.3 is 5.73 Å². The molecule has 0 bridgehead atoms. The van der Waals surface area contributed by atoms with E-state index in [1.54, 1.807) is 11.4 Å². The molecule has 2 aromatic carbocycles. The molecule has 2 N–H and O–H groups in total. The highest BCUT2D eigenvalue weighted by atomic mass is 16.7. The number of rotatable bonds is 3. The molecule has 0 unspecified atom stereocenters. The minimum absolute atomic E-state index is 0.539. The molecule has 3 rings (SSSR count). The summed E-state index contributed by atoms with van der Waals surface area (Å²) in [7, 11) is 0. The standard InChI is InChI=1S/C15H15N3O/c16-14-7-6-13-9-18(11-17-15(13)8-14)19-10-12-4-2-1-3-5-12/h1-8,11H,9-10,16H2.